The minimum atomic E-state index is -0.376. The zero-order valence-electron chi connectivity index (χ0n) is 10.1. The van der Waals surface area contributed by atoms with Crippen LogP contribution in [0.2, 0.25) is 0 Å². The second-order valence-corrected chi connectivity index (χ2v) is 4.53. The van der Waals surface area contributed by atoms with E-state index in [4.69, 9.17) is 0 Å². The van der Waals surface area contributed by atoms with E-state index >= 15 is 0 Å². The Bertz CT molecular complexity index is 359. The Kier molecular flexibility index (Phi) is 3.44. The predicted molar refractivity (Wildman–Crippen MR) is 65.7 cm³/mol. The molecule has 1 aliphatic rings. The number of pyridine rings is 1. The van der Waals surface area contributed by atoms with Gasteiger partial charge in [0.25, 0.3) is 0 Å². The third kappa shape index (κ3) is 2.19. The minimum Gasteiger partial charge on any atom is -0.388 e. The van der Waals surface area contributed by atoms with Gasteiger partial charge < -0.3 is 10.0 Å². The number of nitrogens with zero attached hydrogens (tertiary/aromatic N) is 2. The van der Waals surface area contributed by atoms with Crippen LogP contribution < -0.4 is 4.90 Å². The van der Waals surface area contributed by atoms with Gasteiger partial charge in [0.05, 0.1) is 6.10 Å². The smallest absolute Gasteiger partial charge is 0.131 e. The highest BCUT2D eigenvalue weighted by Gasteiger charge is 2.16. The number of hydrogen-bond donors (Lipinski definition) is 1. The van der Waals surface area contributed by atoms with Gasteiger partial charge in [-0.1, -0.05) is 6.92 Å². The van der Waals surface area contributed by atoms with E-state index in [1.54, 1.807) is 0 Å². The van der Waals surface area contributed by atoms with Crippen LogP contribution in [0.25, 0.3) is 0 Å². The van der Waals surface area contributed by atoms with E-state index in [-0.39, 0.29) is 6.10 Å². The van der Waals surface area contributed by atoms with Crippen LogP contribution in [-0.4, -0.2) is 23.2 Å². The number of aromatic nitrogens is 1. The van der Waals surface area contributed by atoms with Crippen molar-refractivity contribution in [2.75, 3.05) is 18.0 Å². The molecule has 3 nitrogen and oxygen atoms in total. The summed E-state index contributed by atoms with van der Waals surface area (Å²) in [6.45, 7) is 6.29. The van der Waals surface area contributed by atoms with Gasteiger partial charge in [0.15, 0.2) is 0 Å². The standard InChI is InChI=1S/C13H20N2O/c1-3-12(16)11-8-10(2)13(14-9-11)15-6-4-5-7-15/h8-9,12,16H,3-7H2,1-2H3/t12-/m1/s1. The zero-order valence-corrected chi connectivity index (χ0v) is 10.1. The van der Waals surface area contributed by atoms with Gasteiger partial charge in [0, 0.05) is 19.3 Å². The predicted octanol–water partition coefficient (Wildman–Crippen LogP) is 2.43. The summed E-state index contributed by atoms with van der Waals surface area (Å²) in [5, 5.41) is 9.76. The van der Waals surface area contributed by atoms with Crippen LogP contribution in [0.4, 0.5) is 5.82 Å². The first-order valence-electron chi connectivity index (χ1n) is 6.12. The van der Waals surface area contributed by atoms with E-state index in [1.165, 1.54) is 18.4 Å². The van der Waals surface area contributed by atoms with Crippen molar-refractivity contribution >= 4 is 5.82 Å². The van der Waals surface area contributed by atoms with E-state index in [0.717, 1.165) is 30.9 Å². The first-order valence-corrected chi connectivity index (χ1v) is 6.12. The molecule has 1 N–H and O–H groups in total. The number of aliphatic hydroxyl groups is 1. The summed E-state index contributed by atoms with van der Waals surface area (Å²) < 4.78 is 0. The van der Waals surface area contributed by atoms with E-state index in [2.05, 4.69) is 22.9 Å². The third-order valence-corrected chi connectivity index (χ3v) is 3.25. The van der Waals surface area contributed by atoms with Crippen molar-refractivity contribution in [1.82, 2.24) is 4.98 Å². The van der Waals surface area contributed by atoms with Crippen molar-refractivity contribution in [1.29, 1.82) is 0 Å². The van der Waals surface area contributed by atoms with Crippen molar-refractivity contribution in [2.24, 2.45) is 0 Å². The summed E-state index contributed by atoms with van der Waals surface area (Å²) in [5.74, 6) is 1.09. The lowest BCUT2D eigenvalue weighted by Crippen LogP contribution is -2.20. The Labute approximate surface area is 97.1 Å². The maximum Gasteiger partial charge on any atom is 0.131 e. The van der Waals surface area contributed by atoms with Crippen LogP contribution in [0.3, 0.4) is 0 Å². The molecule has 1 atom stereocenters. The number of anilines is 1. The van der Waals surface area contributed by atoms with Gasteiger partial charge in [-0.2, -0.15) is 0 Å². The molecule has 0 spiro atoms. The second-order valence-electron chi connectivity index (χ2n) is 4.53. The summed E-state index contributed by atoms with van der Waals surface area (Å²) in [4.78, 5) is 6.83. The highest BCUT2D eigenvalue weighted by molar-refractivity contribution is 5.48. The normalized spacial score (nSPS) is 17.8. The first kappa shape index (κ1) is 11.4. The lowest BCUT2D eigenvalue weighted by Gasteiger charge is -2.19. The second kappa shape index (κ2) is 4.83. The lowest BCUT2D eigenvalue weighted by molar-refractivity contribution is 0.173. The molecule has 88 valence electrons. The van der Waals surface area contributed by atoms with Gasteiger partial charge in [-0.15, -0.1) is 0 Å². The fourth-order valence-corrected chi connectivity index (χ4v) is 2.27. The van der Waals surface area contributed by atoms with Crippen LogP contribution >= 0.6 is 0 Å². The van der Waals surface area contributed by atoms with E-state index in [1.807, 2.05) is 13.1 Å². The maximum atomic E-state index is 9.76. The van der Waals surface area contributed by atoms with E-state index < -0.39 is 0 Å². The molecule has 0 radical (unpaired) electrons. The Balaban J connectivity index is 2.22. The van der Waals surface area contributed by atoms with Gasteiger partial charge in [0.2, 0.25) is 0 Å². The molecule has 0 aromatic carbocycles. The Morgan fingerprint density at radius 1 is 1.44 bits per heavy atom. The summed E-state index contributed by atoms with van der Waals surface area (Å²) in [6.07, 6.45) is 4.71. The van der Waals surface area contributed by atoms with Crippen molar-refractivity contribution < 1.29 is 5.11 Å². The molecule has 1 aliphatic heterocycles. The topological polar surface area (TPSA) is 36.4 Å². The third-order valence-electron chi connectivity index (χ3n) is 3.25. The van der Waals surface area contributed by atoms with Crippen LogP contribution in [0, 0.1) is 6.92 Å². The van der Waals surface area contributed by atoms with Gasteiger partial charge in [-0.3, -0.25) is 0 Å². The fourth-order valence-electron chi connectivity index (χ4n) is 2.27. The molecule has 1 aromatic rings. The maximum absolute atomic E-state index is 9.76. The molecule has 0 unspecified atom stereocenters. The molecule has 0 saturated carbocycles. The Hall–Kier alpha value is -1.09. The van der Waals surface area contributed by atoms with Crippen LogP contribution in [0.1, 0.15) is 43.4 Å². The van der Waals surface area contributed by atoms with Crippen LogP contribution in [0.5, 0.6) is 0 Å². The van der Waals surface area contributed by atoms with E-state index in [0.29, 0.717) is 0 Å². The lowest BCUT2D eigenvalue weighted by atomic mass is 10.1. The Morgan fingerprint density at radius 3 is 2.69 bits per heavy atom. The number of aryl methyl sites for hydroxylation is 1. The minimum absolute atomic E-state index is 0.376. The summed E-state index contributed by atoms with van der Waals surface area (Å²) in [5.41, 5.74) is 2.11. The molecule has 16 heavy (non-hydrogen) atoms. The SMILES string of the molecule is CC[C@@H](O)c1cnc(N2CCCC2)c(C)c1. The van der Waals surface area contributed by atoms with Crippen molar-refractivity contribution in [3.05, 3.63) is 23.4 Å². The number of rotatable bonds is 3. The molecule has 0 bridgehead atoms. The molecule has 1 saturated heterocycles. The van der Waals surface area contributed by atoms with Gasteiger partial charge in [0.1, 0.15) is 5.82 Å². The van der Waals surface area contributed by atoms with Crippen molar-refractivity contribution in [2.45, 2.75) is 39.2 Å². The largest absolute Gasteiger partial charge is 0.388 e. The highest BCUT2D eigenvalue weighted by Crippen LogP contribution is 2.25. The number of hydrogen-bond acceptors (Lipinski definition) is 3. The quantitative estimate of drug-likeness (QED) is 0.850. The molecule has 1 fully saturated rings. The molecule has 0 amide bonds. The first-order chi connectivity index (χ1) is 7.72. The molecule has 2 rings (SSSR count). The molecule has 0 aliphatic carbocycles. The zero-order chi connectivity index (χ0) is 11.5. The van der Waals surface area contributed by atoms with Gasteiger partial charge in [-0.25, -0.2) is 4.98 Å². The average molecular weight is 220 g/mol. The molecular weight excluding hydrogens is 200 g/mol. The van der Waals surface area contributed by atoms with Crippen LogP contribution in [-0.2, 0) is 0 Å². The van der Waals surface area contributed by atoms with Gasteiger partial charge in [-0.05, 0) is 43.4 Å². The van der Waals surface area contributed by atoms with E-state index in [9.17, 15) is 5.11 Å². The summed E-state index contributed by atoms with van der Waals surface area (Å²) in [6, 6.07) is 2.06. The van der Waals surface area contributed by atoms with Gasteiger partial charge >= 0.3 is 0 Å². The fraction of sp³-hybridized carbons (Fsp3) is 0.615. The highest BCUT2D eigenvalue weighted by atomic mass is 16.3. The summed E-state index contributed by atoms with van der Waals surface area (Å²) >= 11 is 0. The van der Waals surface area contributed by atoms with Crippen molar-refractivity contribution in [3.63, 3.8) is 0 Å². The molecule has 2 heterocycles. The van der Waals surface area contributed by atoms with Crippen molar-refractivity contribution in [3.8, 4) is 0 Å². The molecule has 3 heteroatoms. The molecule has 1 aromatic heterocycles. The average Bonchev–Trinajstić information content (AvgIpc) is 2.81. The monoisotopic (exact) mass is 220 g/mol. The summed E-state index contributed by atoms with van der Waals surface area (Å²) in [7, 11) is 0. The Morgan fingerprint density at radius 2 is 2.12 bits per heavy atom. The molecular formula is C13H20N2O. The number of aliphatic hydroxyl groups excluding tert-OH is 1. The van der Waals surface area contributed by atoms with Crippen LogP contribution in [0.15, 0.2) is 12.3 Å².